The van der Waals surface area contributed by atoms with Crippen molar-refractivity contribution in [1.82, 2.24) is 24.5 Å². The predicted molar refractivity (Wildman–Crippen MR) is 172 cm³/mol. The van der Waals surface area contributed by atoms with Crippen LogP contribution in [0.2, 0.25) is 0 Å². The fourth-order valence-corrected chi connectivity index (χ4v) is 8.11. The van der Waals surface area contributed by atoms with Gasteiger partial charge in [0.25, 0.3) is 5.91 Å². The van der Waals surface area contributed by atoms with Crippen LogP contribution in [0.3, 0.4) is 0 Å². The Morgan fingerprint density at radius 2 is 1.80 bits per heavy atom. The van der Waals surface area contributed by atoms with Crippen LogP contribution in [0.25, 0.3) is 0 Å². The Bertz CT molecular complexity index is 1390. The van der Waals surface area contributed by atoms with Gasteiger partial charge in [-0.05, 0) is 96.4 Å². The molecular formula is C32H48FN7O3S. The predicted octanol–water partition coefficient (Wildman–Crippen LogP) is 4.41. The first-order chi connectivity index (χ1) is 21.0. The summed E-state index contributed by atoms with van der Waals surface area (Å²) in [6.45, 7) is 11.0. The lowest BCUT2D eigenvalue weighted by Crippen LogP contribution is -2.50. The number of halogens is 1. The SMILES string of the molecule is CCN(C(=O)c1cc(F)ccc1N1CCN(C2CCN(CC[C@H]3CC[C@H](NS(C)(=O)=O)CC3)CC2)c2ncncc21)C(C)C. The number of likely N-dealkylation sites (tertiary alicyclic amines) is 1. The number of nitrogens with zero attached hydrogens (tertiary/aromatic N) is 6. The molecule has 0 bridgehead atoms. The molecule has 3 aliphatic rings. The number of fused-ring (bicyclic) bond motifs is 1. The number of rotatable bonds is 10. The molecule has 2 aromatic rings. The Morgan fingerprint density at radius 1 is 1.07 bits per heavy atom. The fourth-order valence-electron chi connectivity index (χ4n) is 7.27. The molecule has 1 N–H and O–H groups in total. The third-order valence-corrected chi connectivity index (χ3v) is 10.3. The quantitative estimate of drug-likeness (QED) is 0.413. The van der Waals surface area contributed by atoms with Crippen LogP contribution >= 0.6 is 0 Å². The summed E-state index contributed by atoms with van der Waals surface area (Å²) in [6.07, 6.45) is 11.9. The molecule has 44 heavy (non-hydrogen) atoms. The maximum atomic E-state index is 14.5. The first-order valence-corrected chi connectivity index (χ1v) is 18.1. The normalized spacial score (nSPS) is 21.9. The highest BCUT2D eigenvalue weighted by Crippen LogP contribution is 2.39. The topological polar surface area (TPSA) is 102 Å². The van der Waals surface area contributed by atoms with Gasteiger partial charge in [-0.25, -0.2) is 27.5 Å². The van der Waals surface area contributed by atoms with Crippen molar-refractivity contribution in [3.63, 3.8) is 0 Å². The molecule has 0 spiro atoms. The van der Waals surface area contributed by atoms with Crippen LogP contribution in [-0.2, 0) is 10.0 Å². The molecule has 1 saturated heterocycles. The Labute approximate surface area is 262 Å². The van der Waals surface area contributed by atoms with Crippen molar-refractivity contribution in [3.05, 3.63) is 42.1 Å². The van der Waals surface area contributed by atoms with Crippen LogP contribution in [0.15, 0.2) is 30.7 Å². The number of piperidine rings is 1. The number of sulfonamides is 1. The summed E-state index contributed by atoms with van der Waals surface area (Å²) < 4.78 is 40.3. The van der Waals surface area contributed by atoms with E-state index in [2.05, 4.69) is 24.4 Å². The van der Waals surface area contributed by atoms with Gasteiger partial charge >= 0.3 is 0 Å². The minimum absolute atomic E-state index is 0.00112. The second-order valence-electron chi connectivity index (χ2n) is 12.9. The molecule has 2 fully saturated rings. The number of hydrogen-bond donors (Lipinski definition) is 1. The van der Waals surface area contributed by atoms with Gasteiger partial charge in [-0.2, -0.15) is 0 Å². The highest BCUT2D eigenvalue weighted by Gasteiger charge is 2.34. The monoisotopic (exact) mass is 629 g/mol. The van der Waals surface area contributed by atoms with Crippen molar-refractivity contribution >= 4 is 33.1 Å². The van der Waals surface area contributed by atoms with E-state index >= 15 is 0 Å². The zero-order valence-electron chi connectivity index (χ0n) is 26.6. The zero-order valence-corrected chi connectivity index (χ0v) is 27.4. The Kier molecular flexibility index (Phi) is 10.4. The van der Waals surface area contributed by atoms with E-state index < -0.39 is 15.8 Å². The molecule has 2 aliphatic heterocycles. The zero-order chi connectivity index (χ0) is 31.4. The number of carbonyl (C=O) groups excluding carboxylic acids is 1. The van der Waals surface area contributed by atoms with E-state index in [1.54, 1.807) is 23.5 Å². The molecule has 1 aromatic carbocycles. The Hall–Kier alpha value is -2.83. The molecule has 12 heteroatoms. The molecule has 10 nitrogen and oxygen atoms in total. The second-order valence-corrected chi connectivity index (χ2v) is 14.7. The molecule has 1 saturated carbocycles. The number of amides is 1. The average molecular weight is 630 g/mol. The molecule has 3 heterocycles. The molecule has 242 valence electrons. The van der Waals surface area contributed by atoms with Crippen molar-refractivity contribution in [2.45, 2.75) is 83.8 Å². The van der Waals surface area contributed by atoms with Crippen molar-refractivity contribution in [2.75, 3.05) is 55.3 Å². The van der Waals surface area contributed by atoms with Gasteiger partial charge in [0, 0.05) is 50.8 Å². The number of benzene rings is 1. The smallest absolute Gasteiger partial charge is 0.256 e. The lowest BCUT2D eigenvalue weighted by Gasteiger charge is -2.44. The Balaban J connectivity index is 1.21. The highest BCUT2D eigenvalue weighted by molar-refractivity contribution is 7.88. The van der Waals surface area contributed by atoms with Crippen molar-refractivity contribution < 1.29 is 17.6 Å². The molecule has 0 radical (unpaired) electrons. The molecule has 1 amide bonds. The maximum Gasteiger partial charge on any atom is 0.256 e. The number of aromatic nitrogens is 2. The number of nitrogens with one attached hydrogen (secondary N) is 1. The van der Waals surface area contributed by atoms with Gasteiger partial charge in [0.1, 0.15) is 17.8 Å². The minimum atomic E-state index is -3.14. The lowest BCUT2D eigenvalue weighted by atomic mass is 9.84. The van der Waals surface area contributed by atoms with Crippen molar-refractivity contribution in [3.8, 4) is 0 Å². The van der Waals surface area contributed by atoms with E-state index in [4.69, 9.17) is 4.98 Å². The molecule has 1 aromatic heterocycles. The molecule has 1 aliphatic carbocycles. The van der Waals surface area contributed by atoms with Gasteiger partial charge in [0.2, 0.25) is 10.0 Å². The standard InChI is InChI=1S/C32H48FN7O3S/c1-5-38(23(2)3)32(41)28-20-25(33)8-11-29(28)40-19-18-39(31-30(40)21-34-22-35-31)27-13-16-37(17-14-27)15-12-24-6-9-26(10-7-24)36-44(4,42)43/h8,11,20-24,26-27,36H,5-7,9-10,12-19H2,1-4H3/t24-,26-. The van der Waals surface area contributed by atoms with Crippen molar-refractivity contribution in [1.29, 1.82) is 0 Å². The van der Waals surface area contributed by atoms with Gasteiger partial charge < -0.3 is 19.6 Å². The molecule has 0 unspecified atom stereocenters. The van der Waals surface area contributed by atoms with E-state index in [1.165, 1.54) is 18.4 Å². The highest BCUT2D eigenvalue weighted by atomic mass is 32.2. The summed E-state index contributed by atoms with van der Waals surface area (Å²) in [6, 6.07) is 4.93. The molecule has 0 atom stereocenters. The van der Waals surface area contributed by atoms with Gasteiger partial charge in [-0.3, -0.25) is 4.79 Å². The molecule has 5 rings (SSSR count). The van der Waals surface area contributed by atoms with Crippen LogP contribution < -0.4 is 14.5 Å². The number of carbonyl (C=O) groups is 1. The summed E-state index contributed by atoms with van der Waals surface area (Å²) in [5, 5.41) is 0. The summed E-state index contributed by atoms with van der Waals surface area (Å²) in [5.41, 5.74) is 1.88. The van der Waals surface area contributed by atoms with Gasteiger partial charge in [0.15, 0.2) is 5.82 Å². The number of hydrogen-bond acceptors (Lipinski definition) is 8. The second kappa shape index (κ2) is 14.1. The van der Waals surface area contributed by atoms with Gasteiger partial charge in [-0.15, -0.1) is 0 Å². The third kappa shape index (κ3) is 7.69. The van der Waals surface area contributed by atoms with Crippen molar-refractivity contribution in [2.24, 2.45) is 5.92 Å². The van der Waals surface area contributed by atoms with Gasteiger partial charge in [-0.1, -0.05) is 0 Å². The third-order valence-electron chi connectivity index (χ3n) is 9.58. The van der Waals surface area contributed by atoms with E-state index in [0.717, 1.165) is 82.6 Å². The largest absolute Gasteiger partial charge is 0.350 e. The van der Waals surface area contributed by atoms with E-state index in [-0.39, 0.29) is 18.0 Å². The molecular weight excluding hydrogens is 581 g/mol. The average Bonchev–Trinajstić information content (AvgIpc) is 3.00. The first kappa shape index (κ1) is 32.6. The minimum Gasteiger partial charge on any atom is -0.350 e. The van der Waals surface area contributed by atoms with E-state index in [1.807, 2.05) is 20.8 Å². The maximum absolute atomic E-state index is 14.5. The summed E-state index contributed by atoms with van der Waals surface area (Å²) in [7, 11) is -3.14. The van der Waals surface area contributed by atoms with Crippen LogP contribution in [-0.4, -0.2) is 97.7 Å². The summed E-state index contributed by atoms with van der Waals surface area (Å²) >= 11 is 0. The van der Waals surface area contributed by atoms with E-state index in [0.29, 0.717) is 36.3 Å². The van der Waals surface area contributed by atoms with Gasteiger partial charge in [0.05, 0.1) is 23.7 Å². The Morgan fingerprint density at radius 3 is 2.45 bits per heavy atom. The van der Waals surface area contributed by atoms with Crippen LogP contribution in [0.4, 0.5) is 21.6 Å². The fraction of sp³-hybridized carbons (Fsp3) is 0.656. The van der Waals surface area contributed by atoms with E-state index in [9.17, 15) is 17.6 Å². The number of anilines is 3. The van der Waals surface area contributed by atoms with Crippen LogP contribution in [0.5, 0.6) is 0 Å². The first-order valence-electron chi connectivity index (χ1n) is 16.2. The summed E-state index contributed by atoms with van der Waals surface area (Å²) in [4.78, 5) is 31.4. The summed E-state index contributed by atoms with van der Waals surface area (Å²) in [5.74, 6) is 0.922. The van der Waals surface area contributed by atoms with Crippen LogP contribution in [0.1, 0.15) is 76.1 Å². The lowest BCUT2D eigenvalue weighted by molar-refractivity contribution is 0.0717. The van der Waals surface area contributed by atoms with Crippen LogP contribution in [0, 0.1) is 11.7 Å².